The molecule has 5 heteroatoms. The summed E-state index contributed by atoms with van der Waals surface area (Å²) in [5.74, 6) is 0.237. The Kier molecular flexibility index (Phi) is 7.15. The summed E-state index contributed by atoms with van der Waals surface area (Å²) in [5, 5.41) is 4.01. The molecule has 30 heavy (non-hydrogen) atoms. The summed E-state index contributed by atoms with van der Waals surface area (Å²) in [7, 11) is 0. The van der Waals surface area contributed by atoms with Crippen molar-refractivity contribution < 1.29 is 14.3 Å². The number of esters is 1. The van der Waals surface area contributed by atoms with Crippen LogP contribution in [0.2, 0.25) is 5.02 Å². The molecule has 0 aliphatic carbocycles. The number of para-hydroxylation sites is 1. The quantitative estimate of drug-likeness (QED) is 0.321. The third kappa shape index (κ3) is 4.84. The van der Waals surface area contributed by atoms with Gasteiger partial charge >= 0.3 is 5.97 Å². The average molecular weight is 422 g/mol. The predicted octanol–water partition coefficient (Wildman–Crippen LogP) is 6.80. The third-order valence-electron chi connectivity index (χ3n) is 4.58. The van der Waals surface area contributed by atoms with E-state index in [2.05, 4.69) is 11.9 Å². The first-order valence-corrected chi connectivity index (χ1v) is 10.1. The Bertz CT molecular complexity index is 1030. The first kappa shape index (κ1) is 21.5. The third-order valence-corrected chi connectivity index (χ3v) is 4.83. The molecule has 4 nitrogen and oxygen atoms in total. The van der Waals surface area contributed by atoms with Crippen LogP contribution < -0.4 is 10.1 Å². The Balaban J connectivity index is 2.22. The van der Waals surface area contributed by atoms with Crippen LogP contribution in [0, 0.1) is 6.92 Å². The summed E-state index contributed by atoms with van der Waals surface area (Å²) >= 11 is 6.06. The summed E-state index contributed by atoms with van der Waals surface area (Å²) < 4.78 is 11.3. The van der Waals surface area contributed by atoms with E-state index in [-0.39, 0.29) is 12.6 Å². The van der Waals surface area contributed by atoms with Gasteiger partial charge in [-0.05, 0) is 55.3 Å². The number of benzene rings is 3. The van der Waals surface area contributed by atoms with Crippen LogP contribution in [-0.4, -0.2) is 19.2 Å². The van der Waals surface area contributed by atoms with Gasteiger partial charge in [-0.2, -0.15) is 0 Å². The van der Waals surface area contributed by atoms with E-state index < -0.39 is 0 Å². The minimum Gasteiger partial charge on any atom is -0.487 e. The molecule has 0 atom stereocenters. The lowest BCUT2D eigenvalue weighted by Crippen LogP contribution is -2.12. The zero-order valence-corrected chi connectivity index (χ0v) is 17.8. The summed E-state index contributed by atoms with van der Waals surface area (Å²) in [6, 6.07) is 18.9. The summed E-state index contributed by atoms with van der Waals surface area (Å²) in [4.78, 5) is 12.9. The first-order chi connectivity index (χ1) is 14.5. The lowest BCUT2D eigenvalue weighted by molar-refractivity contribution is 0.0526. The van der Waals surface area contributed by atoms with Crippen molar-refractivity contribution in [1.29, 1.82) is 0 Å². The van der Waals surface area contributed by atoms with Crippen molar-refractivity contribution >= 4 is 28.9 Å². The highest BCUT2D eigenvalue weighted by Gasteiger charge is 2.23. The molecular weight excluding hydrogens is 398 g/mol. The summed E-state index contributed by atoms with van der Waals surface area (Å²) in [5.41, 5.74) is 4.40. The highest BCUT2D eigenvalue weighted by atomic mass is 35.5. The number of hydrogen-bond donors (Lipinski definition) is 1. The number of halogens is 1. The molecule has 0 bridgehead atoms. The molecule has 0 saturated carbocycles. The molecule has 0 fully saturated rings. The number of rotatable bonds is 8. The first-order valence-electron chi connectivity index (χ1n) is 9.71. The lowest BCUT2D eigenvalue weighted by Gasteiger charge is -2.21. The molecule has 3 aromatic rings. The molecule has 0 spiro atoms. The SMILES string of the molecule is C=CCOc1cc(-c2ccc(Cl)cc2)c(C(=O)OCC)c(C)c1Nc1ccccc1. The number of carbonyl (C=O) groups excluding carboxylic acids is 1. The van der Waals surface area contributed by atoms with Crippen LogP contribution in [0.4, 0.5) is 11.4 Å². The van der Waals surface area contributed by atoms with Crippen LogP contribution in [0.3, 0.4) is 0 Å². The van der Waals surface area contributed by atoms with Crippen molar-refractivity contribution in [1.82, 2.24) is 0 Å². The minimum atomic E-state index is -0.383. The lowest BCUT2D eigenvalue weighted by atomic mass is 9.93. The molecule has 0 saturated heterocycles. The van der Waals surface area contributed by atoms with Crippen LogP contribution in [0.15, 0.2) is 73.3 Å². The van der Waals surface area contributed by atoms with Crippen LogP contribution in [-0.2, 0) is 4.74 Å². The number of anilines is 2. The molecule has 3 aromatic carbocycles. The molecule has 0 heterocycles. The normalized spacial score (nSPS) is 10.4. The van der Waals surface area contributed by atoms with Crippen LogP contribution >= 0.6 is 11.6 Å². The van der Waals surface area contributed by atoms with E-state index in [4.69, 9.17) is 21.1 Å². The largest absolute Gasteiger partial charge is 0.487 e. The van der Waals surface area contributed by atoms with Crippen molar-refractivity contribution in [2.45, 2.75) is 13.8 Å². The maximum atomic E-state index is 12.9. The summed E-state index contributed by atoms with van der Waals surface area (Å²) in [6.45, 7) is 8.04. The van der Waals surface area contributed by atoms with E-state index in [9.17, 15) is 4.79 Å². The molecule has 0 radical (unpaired) electrons. The highest BCUT2D eigenvalue weighted by molar-refractivity contribution is 6.30. The van der Waals surface area contributed by atoms with E-state index in [0.29, 0.717) is 28.6 Å². The monoisotopic (exact) mass is 421 g/mol. The molecule has 0 unspecified atom stereocenters. The van der Waals surface area contributed by atoms with E-state index in [0.717, 1.165) is 22.4 Å². The van der Waals surface area contributed by atoms with Gasteiger partial charge in [0.1, 0.15) is 12.4 Å². The predicted molar refractivity (Wildman–Crippen MR) is 123 cm³/mol. The van der Waals surface area contributed by atoms with Gasteiger partial charge in [0, 0.05) is 16.3 Å². The van der Waals surface area contributed by atoms with Gasteiger partial charge in [-0.15, -0.1) is 0 Å². The molecule has 0 amide bonds. The van der Waals surface area contributed by atoms with Gasteiger partial charge in [0.05, 0.1) is 17.9 Å². The molecule has 154 valence electrons. The van der Waals surface area contributed by atoms with E-state index >= 15 is 0 Å². The number of carbonyl (C=O) groups is 1. The van der Waals surface area contributed by atoms with Gasteiger partial charge in [-0.25, -0.2) is 4.79 Å². The van der Waals surface area contributed by atoms with Crippen molar-refractivity contribution in [3.8, 4) is 16.9 Å². The minimum absolute atomic E-state index is 0.286. The fraction of sp³-hybridized carbons (Fsp3) is 0.160. The number of nitrogens with one attached hydrogen (secondary N) is 1. The molecule has 0 aromatic heterocycles. The Morgan fingerprint density at radius 2 is 1.83 bits per heavy atom. The Hall–Kier alpha value is -3.24. The van der Waals surface area contributed by atoms with Crippen molar-refractivity contribution in [3.63, 3.8) is 0 Å². The van der Waals surface area contributed by atoms with E-state index in [1.165, 1.54) is 0 Å². The molecule has 0 aliphatic rings. The average Bonchev–Trinajstić information content (AvgIpc) is 2.75. The van der Waals surface area contributed by atoms with Gasteiger partial charge in [-0.3, -0.25) is 0 Å². The molecule has 0 aliphatic heterocycles. The molecule has 3 rings (SSSR count). The molecular formula is C25H24ClNO3. The van der Waals surface area contributed by atoms with Gasteiger partial charge in [-0.1, -0.05) is 54.6 Å². The van der Waals surface area contributed by atoms with Gasteiger partial charge in [0.15, 0.2) is 0 Å². The Morgan fingerprint density at radius 1 is 1.13 bits per heavy atom. The maximum absolute atomic E-state index is 12.9. The zero-order chi connectivity index (χ0) is 21.5. The van der Waals surface area contributed by atoms with Crippen molar-refractivity contribution in [2.75, 3.05) is 18.5 Å². The van der Waals surface area contributed by atoms with Crippen LogP contribution in [0.5, 0.6) is 5.75 Å². The van der Waals surface area contributed by atoms with Gasteiger partial charge < -0.3 is 14.8 Å². The van der Waals surface area contributed by atoms with Crippen LogP contribution in [0.25, 0.3) is 11.1 Å². The van der Waals surface area contributed by atoms with Gasteiger partial charge in [0.25, 0.3) is 0 Å². The Labute approximate surface area is 182 Å². The van der Waals surface area contributed by atoms with Crippen LogP contribution in [0.1, 0.15) is 22.8 Å². The maximum Gasteiger partial charge on any atom is 0.339 e. The fourth-order valence-electron chi connectivity index (χ4n) is 3.19. The van der Waals surface area contributed by atoms with E-state index in [1.807, 2.05) is 55.5 Å². The fourth-order valence-corrected chi connectivity index (χ4v) is 3.32. The summed E-state index contributed by atoms with van der Waals surface area (Å²) in [6.07, 6.45) is 1.68. The second-order valence-electron chi connectivity index (χ2n) is 6.62. The number of hydrogen-bond acceptors (Lipinski definition) is 4. The second-order valence-corrected chi connectivity index (χ2v) is 7.05. The zero-order valence-electron chi connectivity index (χ0n) is 17.1. The van der Waals surface area contributed by atoms with Crippen molar-refractivity contribution in [2.24, 2.45) is 0 Å². The number of ether oxygens (including phenoxy) is 2. The molecule has 1 N–H and O–H groups in total. The van der Waals surface area contributed by atoms with Crippen molar-refractivity contribution in [3.05, 3.63) is 89.5 Å². The smallest absolute Gasteiger partial charge is 0.339 e. The second kappa shape index (κ2) is 9.99. The van der Waals surface area contributed by atoms with Gasteiger partial charge in [0.2, 0.25) is 0 Å². The Morgan fingerprint density at radius 3 is 2.47 bits per heavy atom. The standard InChI is InChI=1S/C25H24ClNO3/c1-4-15-30-22-16-21(18-11-13-19(26)14-12-18)23(25(28)29-5-2)17(3)24(22)27-20-9-7-6-8-10-20/h4,6-14,16,27H,1,5,15H2,2-3H3. The van der Waals surface area contributed by atoms with E-state index in [1.54, 1.807) is 25.1 Å². The highest BCUT2D eigenvalue weighted by Crippen LogP contribution is 2.40. The topological polar surface area (TPSA) is 47.6 Å².